The number of hydrogen-bond acceptors (Lipinski definition) is 3. The normalized spacial score (nSPS) is 21.5. The van der Waals surface area contributed by atoms with Crippen LogP contribution in [-0.2, 0) is 9.84 Å². The van der Waals surface area contributed by atoms with E-state index in [2.05, 4.69) is 5.32 Å². The van der Waals surface area contributed by atoms with E-state index in [9.17, 15) is 13.2 Å². The van der Waals surface area contributed by atoms with Crippen LogP contribution in [-0.4, -0.2) is 32.8 Å². The Balaban J connectivity index is 1.86. The van der Waals surface area contributed by atoms with E-state index < -0.39 is 9.84 Å². The van der Waals surface area contributed by atoms with Gasteiger partial charge in [0, 0.05) is 12.6 Å². The number of nitrogens with one attached hydrogen (secondary N) is 1. The zero-order chi connectivity index (χ0) is 14.2. The summed E-state index contributed by atoms with van der Waals surface area (Å²) in [7, 11) is -3.26. The third-order valence-electron chi connectivity index (χ3n) is 4.00. The van der Waals surface area contributed by atoms with Gasteiger partial charge >= 0.3 is 6.03 Å². The molecular formula is C14H18N2O3S. The number of urea groups is 1. The van der Waals surface area contributed by atoms with E-state index in [1.807, 2.05) is 0 Å². The summed E-state index contributed by atoms with van der Waals surface area (Å²) in [4.78, 5) is 14.2. The summed E-state index contributed by atoms with van der Waals surface area (Å²) >= 11 is 0. The summed E-state index contributed by atoms with van der Waals surface area (Å²) in [6.07, 6.45) is 4.32. The zero-order valence-electron chi connectivity index (χ0n) is 11.2. The van der Waals surface area contributed by atoms with E-state index >= 15 is 0 Å². The fourth-order valence-electron chi connectivity index (χ4n) is 2.92. The second-order valence-corrected chi connectivity index (χ2v) is 7.45. The Morgan fingerprint density at radius 2 is 1.90 bits per heavy atom. The van der Waals surface area contributed by atoms with Crippen LogP contribution < -0.4 is 10.2 Å². The largest absolute Gasteiger partial charge is 0.335 e. The molecule has 0 unspecified atom stereocenters. The lowest BCUT2D eigenvalue weighted by atomic mass is 10.2. The van der Waals surface area contributed by atoms with Gasteiger partial charge in [-0.2, -0.15) is 0 Å². The van der Waals surface area contributed by atoms with Crippen LogP contribution in [0.4, 0.5) is 10.5 Å². The topological polar surface area (TPSA) is 66.5 Å². The Hall–Kier alpha value is -1.56. The molecule has 1 heterocycles. The van der Waals surface area contributed by atoms with Crippen molar-refractivity contribution in [2.45, 2.75) is 36.6 Å². The third-order valence-corrected chi connectivity index (χ3v) is 5.74. The van der Waals surface area contributed by atoms with Crippen molar-refractivity contribution in [2.75, 3.05) is 17.2 Å². The highest BCUT2D eigenvalue weighted by atomic mass is 32.2. The number of anilines is 1. The average molecular weight is 294 g/mol. The fraction of sp³-hybridized carbons (Fsp3) is 0.500. The van der Waals surface area contributed by atoms with Gasteiger partial charge in [-0.25, -0.2) is 13.2 Å². The molecule has 108 valence electrons. The van der Waals surface area contributed by atoms with Crippen molar-refractivity contribution in [3.05, 3.63) is 24.3 Å². The van der Waals surface area contributed by atoms with Gasteiger partial charge in [0.25, 0.3) is 0 Å². The second-order valence-electron chi connectivity index (χ2n) is 5.37. The van der Waals surface area contributed by atoms with Crippen molar-refractivity contribution >= 4 is 21.6 Å². The van der Waals surface area contributed by atoms with Gasteiger partial charge in [-0.1, -0.05) is 25.0 Å². The van der Waals surface area contributed by atoms with Crippen LogP contribution in [0.5, 0.6) is 0 Å². The highest BCUT2D eigenvalue weighted by molar-refractivity contribution is 7.91. The minimum atomic E-state index is -3.26. The number of carbonyl (C=O) groups excluding carboxylic acids is 1. The van der Waals surface area contributed by atoms with Crippen LogP contribution >= 0.6 is 0 Å². The molecule has 0 spiro atoms. The van der Waals surface area contributed by atoms with E-state index in [4.69, 9.17) is 0 Å². The first-order valence-electron chi connectivity index (χ1n) is 6.98. The monoisotopic (exact) mass is 294 g/mol. The summed E-state index contributed by atoms with van der Waals surface area (Å²) in [5.74, 6) is -0.0118. The lowest BCUT2D eigenvalue weighted by Gasteiger charge is -2.30. The summed E-state index contributed by atoms with van der Waals surface area (Å²) in [5, 5.41) is 3.01. The van der Waals surface area contributed by atoms with Crippen LogP contribution in [0, 0.1) is 0 Å². The standard InChI is InChI=1S/C14H18N2O3S/c17-14(15-11-5-1-2-6-11)16-9-10-20(18,19)13-8-4-3-7-12(13)16/h3-4,7-8,11H,1-2,5-6,9-10H2,(H,15,17). The maximum absolute atomic E-state index is 12.3. The lowest BCUT2D eigenvalue weighted by Crippen LogP contribution is -2.48. The lowest BCUT2D eigenvalue weighted by molar-refractivity contribution is 0.242. The van der Waals surface area contributed by atoms with Gasteiger partial charge in [-0.05, 0) is 25.0 Å². The van der Waals surface area contributed by atoms with Gasteiger partial charge in [0.15, 0.2) is 9.84 Å². The molecule has 20 heavy (non-hydrogen) atoms. The molecule has 1 N–H and O–H groups in total. The van der Waals surface area contributed by atoms with Crippen molar-refractivity contribution in [2.24, 2.45) is 0 Å². The maximum Gasteiger partial charge on any atom is 0.322 e. The molecule has 5 nitrogen and oxygen atoms in total. The molecule has 1 aliphatic heterocycles. The molecular weight excluding hydrogens is 276 g/mol. The Kier molecular flexibility index (Phi) is 3.41. The molecule has 6 heteroatoms. The van der Waals surface area contributed by atoms with Crippen molar-refractivity contribution in [1.82, 2.24) is 5.32 Å². The predicted octanol–water partition coefficient (Wildman–Crippen LogP) is 1.93. The van der Waals surface area contributed by atoms with Crippen LogP contribution in [0.1, 0.15) is 25.7 Å². The van der Waals surface area contributed by atoms with Crippen LogP contribution in [0.25, 0.3) is 0 Å². The van der Waals surface area contributed by atoms with E-state index in [1.54, 1.807) is 29.2 Å². The quantitative estimate of drug-likeness (QED) is 0.860. The predicted molar refractivity (Wildman–Crippen MR) is 76.6 cm³/mol. The van der Waals surface area contributed by atoms with Gasteiger partial charge in [-0.15, -0.1) is 0 Å². The number of fused-ring (bicyclic) bond motifs is 1. The number of amides is 2. The zero-order valence-corrected chi connectivity index (χ0v) is 12.0. The first kappa shape index (κ1) is 13.4. The SMILES string of the molecule is O=C(NC1CCCC1)N1CCS(=O)(=O)c2ccccc21. The molecule has 0 bridgehead atoms. The first-order chi connectivity index (χ1) is 9.58. The van der Waals surface area contributed by atoms with E-state index in [-0.39, 0.29) is 29.3 Å². The van der Waals surface area contributed by atoms with Crippen molar-refractivity contribution < 1.29 is 13.2 Å². The highest BCUT2D eigenvalue weighted by Crippen LogP contribution is 2.30. The average Bonchev–Trinajstić information content (AvgIpc) is 2.92. The summed E-state index contributed by atoms with van der Waals surface area (Å²) in [5.41, 5.74) is 0.495. The minimum absolute atomic E-state index is 0.0118. The van der Waals surface area contributed by atoms with Crippen LogP contribution in [0.2, 0.25) is 0 Å². The maximum atomic E-state index is 12.3. The smallest absolute Gasteiger partial charge is 0.322 e. The fourth-order valence-corrected chi connectivity index (χ4v) is 4.34. The molecule has 0 radical (unpaired) electrons. The number of rotatable bonds is 1. The van der Waals surface area contributed by atoms with Crippen molar-refractivity contribution in [3.8, 4) is 0 Å². The Morgan fingerprint density at radius 1 is 1.20 bits per heavy atom. The van der Waals surface area contributed by atoms with Crippen LogP contribution in [0.15, 0.2) is 29.2 Å². The van der Waals surface area contributed by atoms with Gasteiger partial charge in [-0.3, -0.25) is 4.90 Å². The Morgan fingerprint density at radius 3 is 2.65 bits per heavy atom. The first-order valence-corrected chi connectivity index (χ1v) is 8.63. The number of sulfone groups is 1. The van der Waals surface area contributed by atoms with E-state index in [0.717, 1.165) is 25.7 Å². The molecule has 2 aliphatic rings. The number of benzene rings is 1. The number of hydrogen-bond donors (Lipinski definition) is 1. The molecule has 3 rings (SSSR count). The number of nitrogens with zero attached hydrogens (tertiary/aromatic N) is 1. The summed E-state index contributed by atoms with van der Waals surface area (Å²) < 4.78 is 24.1. The molecule has 1 fully saturated rings. The molecule has 0 saturated heterocycles. The molecule has 1 aliphatic carbocycles. The summed E-state index contributed by atoms with van der Waals surface area (Å²) in [6, 6.07) is 6.76. The molecule has 1 aromatic carbocycles. The van der Waals surface area contributed by atoms with Gasteiger partial charge in [0.1, 0.15) is 0 Å². The van der Waals surface area contributed by atoms with Crippen molar-refractivity contribution in [1.29, 1.82) is 0 Å². The molecule has 2 amide bonds. The molecule has 0 aromatic heterocycles. The summed E-state index contributed by atoms with van der Waals surface area (Å²) in [6.45, 7) is 0.220. The third kappa shape index (κ3) is 2.40. The minimum Gasteiger partial charge on any atom is -0.335 e. The van der Waals surface area contributed by atoms with E-state index in [1.165, 1.54) is 0 Å². The van der Waals surface area contributed by atoms with Gasteiger partial charge in [0.2, 0.25) is 0 Å². The Bertz CT molecular complexity index is 621. The molecule has 1 saturated carbocycles. The Labute approximate surface area is 118 Å². The van der Waals surface area contributed by atoms with E-state index in [0.29, 0.717) is 5.69 Å². The van der Waals surface area contributed by atoms with Crippen LogP contribution in [0.3, 0.4) is 0 Å². The van der Waals surface area contributed by atoms with Crippen molar-refractivity contribution in [3.63, 3.8) is 0 Å². The second kappa shape index (κ2) is 5.09. The number of carbonyl (C=O) groups is 1. The highest BCUT2D eigenvalue weighted by Gasteiger charge is 2.32. The molecule has 1 aromatic rings. The number of para-hydroxylation sites is 1. The van der Waals surface area contributed by atoms with Gasteiger partial charge in [0.05, 0.1) is 16.3 Å². The molecule has 0 atom stereocenters. The van der Waals surface area contributed by atoms with Gasteiger partial charge < -0.3 is 5.32 Å².